The van der Waals surface area contributed by atoms with Crippen molar-refractivity contribution in [3.05, 3.63) is 48.3 Å². The SMILES string of the molecule is O=[S@@](CCn1cccn1)Cc1ccc(OC(F)F)cc1. The Morgan fingerprint density at radius 3 is 2.65 bits per heavy atom. The van der Waals surface area contributed by atoms with Crippen molar-refractivity contribution in [3.63, 3.8) is 0 Å². The summed E-state index contributed by atoms with van der Waals surface area (Å²) in [6.45, 7) is -2.24. The lowest BCUT2D eigenvalue weighted by molar-refractivity contribution is -0.0498. The highest BCUT2D eigenvalue weighted by Crippen LogP contribution is 2.15. The van der Waals surface area contributed by atoms with Gasteiger partial charge in [0.1, 0.15) is 5.75 Å². The van der Waals surface area contributed by atoms with E-state index >= 15 is 0 Å². The monoisotopic (exact) mass is 300 g/mol. The summed E-state index contributed by atoms with van der Waals surface area (Å²) in [7, 11) is -1.02. The van der Waals surface area contributed by atoms with Crippen molar-refractivity contribution in [3.8, 4) is 5.75 Å². The molecule has 0 aliphatic heterocycles. The van der Waals surface area contributed by atoms with Gasteiger partial charge in [-0.3, -0.25) is 8.89 Å². The van der Waals surface area contributed by atoms with Crippen molar-refractivity contribution < 1.29 is 17.7 Å². The molecule has 0 amide bonds. The fourth-order valence-corrected chi connectivity index (χ4v) is 2.75. The number of benzene rings is 1. The third kappa shape index (κ3) is 4.73. The summed E-state index contributed by atoms with van der Waals surface area (Å²) in [5.41, 5.74) is 0.824. The van der Waals surface area contributed by atoms with E-state index in [1.54, 1.807) is 23.0 Å². The van der Waals surface area contributed by atoms with Crippen molar-refractivity contribution in [2.24, 2.45) is 0 Å². The van der Waals surface area contributed by atoms with Gasteiger partial charge in [-0.05, 0) is 23.8 Å². The van der Waals surface area contributed by atoms with Crippen molar-refractivity contribution in [1.82, 2.24) is 9.78 Å². The average molecular weight is 300 g/mol. The minimum atomic E-state index is -2.83. The highest BCUT2D eigenvalue weighted by Gasteiger charge is 2.06. The molecule has 1 aromatic heterocycles. The van der Waals surface area contributed by atoms with Crippen LogP contribution in [0.2, 0.25) is 0 Å². The van der Waals surface area contributed by atoms with Crippen LogP contribution in [0.3, 0.4) is 0 Å². The Labute approximate surface area is 117 Å². The molecule has 0 spiro atoms. The minimum Gasteiger partial charge on any atom is -0.435 e. The van der Waals surface area contributed by atoms with Gasteiger partial charge < -0.3 is 4.74 Å². The Kier molecular flexibility index (Phi) is 5.23. The van der Waals surface area contributed by atoms with E-state index in [1.165, 1.54) is 12.1 Å². The van der Waals surface area contributed by atoms with Gasteiger partial charge in [0.05, 0.1) is 6.54 Å². The van der Waals surface area contributed by atoms with Crippen molar-refractivity contribution in [2.75, 3.05) is 5.75 Å². The van der Waals surface area contributed by atoms with Crippen LogP contribution in [0.4, 0.5) is 8.78 Å². The second-order valence-corrected chi connectivity index (χ2v) is 5.66. The number of nitrogens with zero attached hydrogens (tertiary/aromatic N) is 2. The number of hydrogen-bond acceptors (Lipinski definition) is 3. The van der Waals surface area contributed by atoms with Gasteiger partial charge in [0.2, 0.25) is 0 Å². The molecular formula is C13H14F2N2O2S. The lowest BCUT2D eigenvalue weighted by Gasteiger charge is -2.06. The quantitative estimate of drug-likeness (QED) is 0.789. The molecule has 0 saturated carbocycles. The molecule has 2 rings (SSSR count). The van der Waals surface area contributed by atoms with Crippen LogP contribution in [0.25, 0.3) is 0 Å². The topological polar surface area (TPSA) is 44.1 Å². The Morgan fingerprint density at radius 2 is 2.05 bits per heavy atom. The summed E-state index contributed by atoms with van der Waals surface area (Å²) in [6.07, 6.45) is 3.48. The largest absolute Gasteiger partial charge is 0.435 e. The summed E-state index contributed by atoms with van der Waals surface area (Å²) in [5.74, 6) is 0.985. The van der Waals surface area contributed by atoms with Crippen molar-refractivity contribution >= 4 is 10.8 Å². The molecule has 0 radical (unpaired) electrons. The molecule has 0 fully saturated rings. The van der Waals surface area contributed by atoms with Gasteiger partial charge in [0.25, 0.3) is 0 Å². The first-order valence-electron chi connectivity index (χ1n) is 5.99. The highest BCUT2D eigenvalue weighted by atomic mass is 32.2. The minimum absolute atomic E-state index is 0.103. The van der Waals surface area contributed by atoms with Crippen LogP contribution >= 0.6 is 0 Å². The zero-order valence-electron chi connectivity index (χ0n) is 10.6. The molecule has 20 heavy (non-hydrogen) atoms. The number of ether oxygens (including phenoxy) is 1. The standard InChI is InChI=1S/C13H14F2N2O2S/c14-13(15)19-12-4-2-11(3-5-12)10-20(18)9-8-17-7-1-6-16-17/h1-7,13H,8-10H2/t20-/m0/s1. The fraction of sp³-hybridized carbons (Fsp3) is 0.308. The number of alkyl halides is 2. The Morgan fingerprint density at radius 1 is 1.30 bits per heavy atom. The predicted octanol–water partition coefficient (Wildman–Crippen LogP) is 2.43. The maximum Gasteiger partial charge on any atom is 0.387 e. The molecule has 0 saturated heterocycles. The second-order valence-electron chi connectivity index (χ2n) is 4.08. The lowest BCUT2D eigenvalue weighted by Crippen LogP contribution is -2.09. The molecule has 1 heterocycles. The normalized spacial score (nSPS) is 12.6. The summed E-state index contributed by atoms with van der Waals surface area (Å²) in [5, 5.41) is 4.03. The van der Waals surface area contributed by atoms with E-state index in [9.17, 15) is 13.0 Å². The fourth-order valence-electron chi connectivity index (χ4n) is 1.65. The van der Waals surface area contributed by atoms with Gasteiger partial charge in [0.15, 0.2) is 0 Å². The van der Waals surface area contributed by atoms with E-state index in [2.05, 4.69) is 9.84 Å². The van der Waals surface area contributed by atoms with Crippen LogP contribution in [-0.2, 0) is 23.1 Å². The van der Waals surface area contributed by atoms with E-state index in [0.717, 1.165) is 5.56 Å². The number of aryl methyl sites for hydroxylation is 1. The molecular weight excluding hydrogens is 286 g/mol. The third-order valence-corrected chi connectivity index (χ3v) is 3.88. The second kappa shape index (κ2) is 7.14. The van der Waals surface area contributed by atoms with Crippen molar-refractivity contribution in [1.29, 1.82) is 0 Å². The van der Waals surface area contributed by atoms with Crippen LogP contribution in [0.15, 0.2) is 42.7 Å². The van der Waals surface area contributed by atoms with Gasteiger partial charge in [-0.2, -0.15) is 13.9 Å². The molecule has 0 N–H and O–H groups in total. The van der Waals surface area contributed by atoms with E-state index < -0.39 is 17.4 Å². The number of halogens is 2. The molecule has 0 unspecified atom stereocenters. The van der Waals surface area contributed by atoms with Gasteiger partial charge in [0, 0.05) is 34.7 Å². The average Bonchev–Trinajstić information content (AvgIpc) is 2.91. The van der Waals surface area contributed by atoms with Gasteiger partial charge in [-0.1, -0.05) is 12.1 Å². The molecule has 0 aliphatic carbocycles. The molecule has 108 valence electrons. The first-order valence-corrected chi connectivity index (χ1v) is 7.48. The summed E-state index contributed by atoms with van der Waals surface area (Å²) < 4.78 is 41.8. The Bertz CT molecular complexity index is 544. The molecule has 0 aliphatic rings. The van der Waals surface area contributed by atoms with Crippen LogP contribution in [0.5, 0.6) is 5.75 Å². The first-order chi connectivity index (χ1) is 9.63. The molecule has 0 bridgehead atoms. The number of aromatic nitrogens is 2. The summed E-state index contributed by atoms with van der Waals surface area (Å²) >= 11 is 0. The number of hydrogen-bond donors (Lipinski definition) is 0. The van der Waals surface area contributed by atoms with Gasteiger partial charge in [-0.15, -0.1) is 0 Å². The Balaban J connectivity index is 1.81. The Hall–Kier alpha value is -1.76. The van der Waals surface area contributed by atoms with Gasteiger partial charge in [-0.25, -0.2) is 0 Å². The number of rotatable bonds is 7. The van der Waals surface area contributed by atoms with Gasteiger partial charge >= 0.3 is 6.61 Å². The maximum absolute atomic E-state index is 12.0. The predicted molar refractivity (Wildman–Crippen MR) is 72.0 cm³/mol. The van der Waals surface area contributed by atoms with E-state index in [0.29, 0.717) is 18.1 Å². The van der Waals surface area contributed by atoms with E-state index in [1.807, 2.05) is 12.3 Å². The smallest absolute Gasteiger partial charge is 0.387 e. The third-order valence-electron chi connectivity index (χ3n) is 2.58. The van der Waals surface area contributed by atoms with Crippen LogP contribution in [-0.4, -0.2) is 26.4 Å². The highest BCUT2D eigenvalue weighted by molar-refractivity contribution is 7.84. The van der Waals surface area contributed by atoms with E-state index in [-0.39, 0.29) is 5.75 Å². The molecule has 1 aromatic carbocycles. The molecule has 4 nitrogen and oxygen atoms in total. The maximum atomic E-state index is 12.0. The van der Waals surface area contributed by atoms with Crippen molar-refractivity contribution in [2.45, 2.75) is 18.9 Å². The molecule has 2 aromatic rings. The molecule has 1 atom stereocenters. The van der Waals surface area contributed by atoms with Crippen LogP contribution in [0.1, 0.15) is 5.56 Å². The zero-order valence-corrected chi connectivity index (χ0v) is 11.4. The van der Waals surface area contributed by atoms with Crippen LogP contribution in [0, 0.1) is 0 Å². The lowest BCUT2D eigenvalue weighted by atomic mass is 10.2. The summed E-state index contributed by atoms with van der Waals surface area (Å²) in [6, 6.07) is 8.00. The first kappa shape index (κ1) is 14.6. The van der Waals surface area contributed by atoms with Crippen LogP contribution < -0.4 is 4.74 Å². The molecule has 7 heteroatoms. The zero-order chi connectivity index (χ0) is 14.4. The summed E-state index contributed by atoms with van der Waals surface area (Å²) in [4.78, 5) is 0. The van der Waals surface area contributed by atoms with E-state index in [4.69, 9.17) is 0 Å².